The number of hydrogen-bond donors (Lipinski definition) is 1. The molecule has 1 aromatic carbocycles. The summed E-state index contributed by atoms with van der Waals surface area (Å²) in [5, 5.41) is 3.50. The maximum Gasteiger partial charge on any atom is 0.0750 e. The van der Waals surface area contributed by atoms with Crippen molar-refractivity contribution >= 4 is 15.9 Å². The Bertz CT molecular complexity index is 335. The first-order valence-corrected chi connectivity index (χ1v) is 6.87. The van der Waals surface area contributed by atoms with Crippen molar-refractivity contribution < 1.29 is 4.74 Å². The Hall–Kier alpha value is -0.380. The van der Waals surface area contributed by atoms with Crippen molar-refractivity contribution in [3.63, 3.8) is 0 Å². The Kier molecular flexibility index (Phi) is 5.63. The van der Waals surface area contributed by atoms with Crippen molar-refractivity contribution in [2.45, 2.75) is 39.3 Å². The molecule has 0 amide bonds. The van der Waals surface area contributed by atoms with Crippen LogP contribution in [0.25, 0.3) is 0 Å². The fraction of sp³-hybridized carbons (Fsp3) is 0.571. The van der Waals surface area contributed by atoms with Gasteiger partial charge in [0.25, 0.3) is 0 Å². The van der Waals surface area contributed by atoms with Crippen LogP contribution in [0, 0.1) is 0 Å². The number of benzene rings is 1. The molecule has 2 nitrogen and oxygen atoms in total. The van der Waals surface area contributed by atoms with E-state index in [4.69, 9.17) is 4.74 Å². The van der Waals surface area contributed by atoms with Crippen LogP contribution in [0.2, 0.25) is 0 Å². The van der Waals surface area contributed by atoms with E-state index in [1.807, 2.05) is 6.92 Å². The molecule has 0 saturated carbocycles. The lowest BCUT2D eigenvalue weighted by Gasteiger charge is -2.27. The van der Waals surface area contributed by atoms with E-state index in [-0.39, 0.29) is 5.60 Å². The number of halogens is 1. The monoisotopic (exact) mass is 299 g/mol. The minimum Gasteiger partial charge on any atom is -0.375 e. The summed E-state index contributed by atoms with van der Waals surface area (Å²) in [6.45, 7) is 10.0. The SMILES string of the molecule is CCOC(C)(C)CNC(C)c1ccc(Br)cc1. The van der Waals surface area contributed by atoms with E-state index in [0.717, 1.165) is 17.6 Å². The van der Waals surface area contributed by atoms with Crippen LogP contribution in [0.3, 0.4) is 0 Å². The highest BCUT2D eigenvalue weighted by Gasteiger charge is 2.18. The number of nitrogens with one attached hydrogen (secondary N) is 1. The molecule has 1 N–H and O–H groups in total. The zero-order chi connectivity index (χ0) is 12.9. The van der Waals surface area contributed by atoms with E-state index in [1.54, 1.807) is 0 Å². The van der Waals surface area contributed by atoms with Crippen LogP contribution in [0.4, 0.5) is 0 Å². The van der Waals surface area contributed by atoms with E-state index in [1.165, 1.54) is 5.56 Å². The van der Waals surface area contributed by atoms with Gasteiger partial charge in [0.2, 0.25) is 0 Å². The summed E-state index contributed by atoms with van der Waals surface area (Å²) in [7, 11) is 0. The molecule has 0 aliphatic rings. The third-order valence-electron chi connectivity index (χ3n) is 2.74. The van der Waals surface area contributed by atoms with Crippen molar-refractivity contribution in [3.8, 4) is 0 Å². The lowest BCUT2D eigenvalue weighted by atomic mass is 10.1. The van der Waals surface area contributed by atoms with Gasteiger partial charge in [-0.05, 0) is 45.4 Å². The molecule has 0 aromatic heterocycles. The molecular formula is C14H22BrNO. The van der Waals surface area contributed by atoms with Gasteiger partial charge in [-0.1, -0.05) is 28.1 Å². The highest BCUT2D eigenvalue weighted by molar-refractivity contribution is 9.10. The normalized spacial score (nSPS) is 13.7. The zero-order valence-electron chi connectivity index (χ0n) is 11.1. The first-order valence-electron chi connectivity index (χ1n) is 6.07. The van der Waals surface area contributed by atoms with Crippen LogP contribution in [0.15, 0.2) is 28.7 Å². The fourth-order valence-electron chi connectivity index (χ4n) is 1.71. The van der Waals surface area contributed by atoms with Gasteiger partial charge in [-0.25, -0.2) is 0 Å². The van der Waals surface area contributed by atoms with E-state index in [2.05, 4.69) is 66.3 Å². The molecule has 17 heavy (non-hydrogen) atoms. The Morgan fingerprint density at radius 3 is 2.41 bits per heavy atom. The molecule has 0 fully saturated rings. The molecule has 0 aliphatic heterocycles. The molecule has 0 spiro atoms. The first kappa shape index (κ1) is 14.7. The first-order chi connectivity index (χ1) is 7.94. The van der Waals surface area contributed by atoms with Crippen molar-refractivity contribution in [3.05, 3.63) is 34.3 Å². The van der Waals surface area contributed by atoms with E-state index in [0.29, 0.717) is 6.04 Å². The average Bonchev–Trinajstić information content (AvgIpc) is 2.27. The Morgan fingerprint density at radius 2 is 1.88 bits per heavy atom. The highest BCUT2D eigenvalue weighted by atomic mass is 79.9. The smallest absolute Gasteiger partial charge is 0.0750 e. The Morgan fingerprint density at radius 1 is 1.29 bits per heavy atom. The summed E-state index contributed by atoms with van der Waals surface area (Å²) in [6, 6.07) is 8.75. The van der Waals surface area contributed by atoms with Gasteiger partial charge < -0.3 is 10.1 Å². The van der Waals surface area contributed by atoms with Gasteiger partial charge >= 0.3 is 0 Å². The van der Waals surface area contributed by atoms with Crippen molar-refractivity contribution in [1.29, 1.82) is 0 Å². The van der Waals surface area contributed by atoms with Gasteiger partial charge in [0.1, 0.15) is 0 Å². The molecule has 0 heterocycles. The summed E-state index contributed by atoms with van der Waals surface area (Å²) in [4.78, 5) is 0. The van der Waals surface area contributed by atoms with Crippen LogP contribution in [-0.4, -0.2) is 18.8 Å². The predicted molar refractivity (Wildman–Crippen MR) is 76.3 cm³/mol. The molecule has 0 aliphatic carbocycles. The van der Waals surface area contributed by atoms with Crippen LogP contribution in [-0.2, 0) is 4.74 Å². The van der Waals surface area contributed by atoms with E-state index >= 15 is 0 Å². The number of rotatable bonds is 6. The molecule has 1 unspecified atom stereocenters. The third kappa shape index (κ3) is 5.19. The quantitative estimate of drug-likeness (QED) is 0.860. The summed E-state index contributed by atoms with van der Waals surface area (Å²) in [5.74, 6) is 0. The average molecular weight is 300 g/mol. The zero-order valence-corrected chi connectivity index (χ0v) is 12.7. The van der Waals surface area contributed by atoms with Gasteiger partial charge in [0, 0.05) is 23.7 Å². The molecule has 3 heteroatoms. The van der Waals surface area contributed by atoms with Gasteiger partial charge in [-0.15, -0.1) is 0 Å². The van der Waals surface area contributed by atoms with Crippen LogP contribution in [0.5, 0.6) is 0 Å². The van der Waals surface area contributed by atoms with Crippen LogP contribution < -0.4 is 5.32 Å². The topological polar surface area (TPSA) is 21.3 Å². The van der Waals surface area contributed by atoms with Gasteiger partial charge in [-0.2, -0.15) is 0 Å². The standard InChI is InChI=1S/C14H22BrNO/c1-5-17-14(3,4)10-16-11(2)12-6-8-13(15)9-7-12/h6-9,11,16H,5,10H2,1-4H3. The minimum atomic E-state index is -0.113. The second-order valence-electron chi connectivity index (χ2n) is 4.85. The van der Waals surface area contributed by atoms with Crippen LogP contribution in [0.1, 0.15) is 39.3 Å². The molecular weight excluding hydrogens is 278 g/mol. The highest BCUT2D eigenvalue weighted by Crippen LogP contribution is 2.17. The van der Waals surface area contributed by atoms with Crippen molar-refractivity contribution in [2.75, 3.05) is 13.2 Å². The Balaban J connectivity index is 2.49. The van der Waals surface area contributed by atoms with Crippen molar-refractivity contribution in [2.24, 2.45) is 0 Å². The summed E-state index contributed by atoms with van der Waals surface area (Å²) in [5.41, 5.74) is 1.18. The third-order valence-corrected chi connectivity index (χ3v) is 3.27. The molecule has 0 saturated heterocycles. The molecule has 0 radical (unpaired) electrons. The second kappa shape index (κ2) is 6.53. The maximum absolute atomic E-state index is 5.66. The summed E-state index contributed by atoms with van der Waals surface area (Å²) in [6.07, 6.45) is 0. The van der Waals surface area contributed by atoms with Crippen molar-refractivity contribution in [1.82, 2.24) is 5.32 Å². The lowest BCUT2D eigenvalue weighted by molar-refractivity contribution is -0.0103. The maximum atomic E-state index is 5.66. The molecule has 1 rings (SSSR count). The van der Waals surface area contributed by atoms with E-state index in [9.17, 15) is 0 Å². The fourth-order valence-corrected chi connectivity index (χ4v) is 1.97. The number of hydrogen-bond acceptors (Lipinski definition) is 2. The Labute approximate surface area is 113 Å². The minimum absolute atomic E-state index is 0.113. The second-order valence-corrected chi connectivity index (χ2v) is 5.76. The summed E-state index contributed by atoms with van der Waals surface area (Å²) >= 11 is 3.45. The van der Waals surface area contributed by atoms with Crippen LogP contribution >= 0.6 is 15.9 Å². The van der Waals surface area contributed by atoms with Gasteiger partial charge in [-0.3, -0.25) is 0 Å². The van der Waals surface area contributed by atoms with Gasteiger partial charge in [0.15, 0.2) is 0 Å². The number of ether oxygens (including phenoxy) is 1. The van der Waals surface area contributed by atoms with E-state index < -0.39 is 0 Å². The summed E-state index contributed by atoms with van der Waals surface area (Å²) < 4.78 is 6.78. The molecule has 96 valence electrons. The molecule has 1 aromatic rings. The predicted octanol–water partition coefficient (Wildman–Crippen LogP) is 3.91. The largest absolute Gasteiger partial charge is 0.375 e. The molecule has 0 bridgehead atoms. The molecule has 1 atom stereocenters. The lowest BCUT2D eigenvalue weighted by Crippen LogP contribution is -2.38. The van der Waals surface area contributed by atoms with Gasteiger partial charge in [0.05, 0.1) is 5.60 Å².